The van der Waals surface area contributed by atoms with Gasteiger partial charge in [0.25, 0.3) is 11.6 Å². The average Bonchev–Trinajstić information content (AvgIpc) is 3.54. The van der Waals surface area contributed by atoms with Gasteiger partial charge in [0.15, 0.2) is 5.76 Å². The number of likely N-dealkylation sites (tertiary alicyclic amines) is 1. The molecule has 166 valence electrons. The largest absolute Gasteiger partial charge is 0.463 e. The molecule has 2 atom stereocenters. The summed E-state index contributed by atoms with van der Waals surface area (Å²) in [5.41, 5.74) is 2.72. The molecule has 1 saturated carbocycles. The number of pyridine rings is 1. The molecule has 1 saturated heterocycles. The molecule has 3 aromatic heterocycles. The summed E-state index contributed by atoms with van der Waals surface area (Å²) in [6, 6.07) is 14.9. The highest BCUT2D eigenvalue weighted by molar-refractivity contribution is 6.10. The lowest BCUT2D eigenvalue weighted by molar-refractivity contribution is -0.129. The molecule has 1 aliphatic carbocycles. The molecule has 0 spiro atoms. The summed E-state index contributed by atoms with van der Waals surface area (Å²) in [6.45, 7) is 0.435. The van der Waals surface area contributed by atoms with Crippen molar-refractivity contribution in [2.75, 3.05) is 6.54 Å². The number of piperidine rings is 1. The van der Waals surface area contributed by atoms with Gasteiger partial charge in [-0.3, -0.25) is 9.59 Å². The van der Waals surface area contributed by atoms with Crippen molar-refractivity contribution in [1.82, 2.24) is 15.0 Å². The Morgan fingerprint density at radius 1 is 1.06 bits per heavy atom. The van der Waals surface area contributed by atoms with Crippen LogP contribution in [0.1, 0.15) is 42.5 Å². The number of hydrogen-bond acceptors (Lipinski definition) is 6. The summed E-state index contributed by atoms with van der Waals surface area (Å²) in [6.07, 6.45) is 5.77. The van der Waals surface area contributed by atoms with E-state index < -0.39 is 0 Å². The maximum absolute atomic E-state index is 14.1. The van der Waals surface area contributed by atoms with Crippen molar-refractivity contribution in [1.29, 1.82) is 0 Å². The molecule has 1 aliphatic heterocycles. The summed E-state index contributed by atoms with van der Waals surface area (Å²) in [4.78, 5) is 33.1. The Labute approximate surface area is 190 Å². The van der Waals surface area contributed by atoms with Crippen LogP contribution in [0.4, 0.5) is 0 Å². The number of rotatable bonds is 3. The van der Waals surface area contributed by atoms with E-state index in [0.29, 0.717) is 46.8 Å². The van der Waals surface area contributed by atoms with E-state index in [-0.39, 0.29) is 23.7 Å². The minimum Gasteiger partial charge on any atom is -0.463 e. The van der Waals surface area contributed by atoms with Gasteiger partial charge in [0, 0.05) is 30.5 Å². The Morgan fingerprint density at radius 2 is 1.91 bits per heavy atom. The monoisotopic (exact) mass is 441 g/mol. The van der Waals surface area contributed by atoms with Gasteiger partial charge in [-0.15, -0.1) is 0 Å². The van der Waals surface area contributed by atoms with E-state index in [0.717, 1.165) is 31.2 Å². The predicted octanol–water partition coefficient (Wildman–Crippen LogP) is 5.12. The molecule has 2 aliphatic rings. The smallest absolute Gasteiger partial charge is 0.259 e. The normalized spacial score (nSPS) is 20.7. The van der Waals surface area contributed by atoms with Crippen LogP contribution in [-0.4, -0.2) is 39.3 Å². The van der Waals surface area contributed by atoms with Gasteiger partial charge in [-0.1, -0.05) is 48.3 Å². The molecule has 7 nitrogen and oxygen atoms in total. The standard InChI is InChI=1S/C26H23N3O4/c30-21-12-13-29(20-10-5-4-9-17(20)21)26(31)18-15-19(22-11-6-14-32-22)27-25-23(18)24(28-33-25)16-7-2-1-3-8-16/h1-3,6-8,11,14-15,17,20H,4-5,9-10,12-13H2/t17-,20+/m0/s1. The van der Waals surface area contributed by atoms with Gasteiger partial charge in [-0.2, -0.15) is 0 Å². The van der Waals surface area contributed by atoms with Gasteiger partial charge >= 0.3 is 0 Å². The molecule has 0 unspecified atom stereocenters. The van der Waals surface area contributed by atoms with Crippen LogP contribution in [0.3, 0.4) is 0 Å². The van der Waals surface area contributed by atoms with Crippen molar-refractivity contribution in [3.05, 3.63) is 60.4 Å². The van der Waals surface area contributed by atoms with Gasteiger partial charge in [-0.25, -0.2) is 4.98 Å². The predicted molar refractivity (Wildman–Crippen MR) is 121 cm³/mol. The minimum absolute atomic E-state index is 0.0530. The lowest BCUT2D eigenvalue weighted by atomic mass is 9.77. The van der Waals surface area contributed by atoms with Crippen LogP contribution < -0.4 is 0 Å². The molecule has 33 heavy (non-hydrogen) atoms. The van der Waals surface area contributed by atoms with Crippen LogP contribution in [0.2, 0.25) is 0 Å². The fraction of sp³-hybridized carbons (Fsp3) is 0.308. The van der Waals surface area contributed by atoms with Crippen LogP contribution in [0.15, 0.2) is 63.7 Å². The van der Waals surface area contributed by atoms with Crippen LogP contribution in [0.25, 0.3) is 33.8 Å². The third-order valence-electron chi connectivity index (χ3n) is 6.90. The van der Waals surface area contributed by atoms with Crippen LogP contribution >= 0.6 is 0 Å². The quantitative estimate of drug-likeness (QED) is 0.438. The van der Waals surface area contributed by atoms with Gasteiger partial charge in [0.2, 0.25) is 0 Å². The number of carbonyl (C=O) groups excluding carboxylic acids is 2. The van der Waals surface area contributed by atoms with Crippen LogP contribution in [-0.2, 0) is 4.79 Å². The first kappa shape index (κ1) is 19.9. The maximum atomic E-state index is 14.1. The van der Waals surface area contributed by atoms with E-state index in [4.69, 9.17) is 8.94 Å². The SMILES string of the molecule is O=C1CCN(C(=O)c2cc(-c3ccco3)nc3onc(-c4ccccc4)c23)[C@@H]2CCCC[C@H]12. The van der Waals surface area contributed by atoms with Gasteiger partial charge in [0.05, 0.1) is 17.2 Å². The Kier molecular flexibility index (Phi) is 4.82. The maximum Gasteiger partial charge on any atom is 0.259 e. The van der Waals surface area contributed by atoms with E-state index in [1.807, 2.05) is 35.2 Å². The summed E-state index contributed by atoms with van der Waals surface area (Å²) in [7, 11) is 0. The second kappa shape index (κ2) is 7.99. The molecule has 4 aromatic rings. The molecule has 0 radical (unpaired) electrons. The third kappa shape index (κ3) is 3.35. The average molecular weight is 441 g/mol. The first-order chi connectivity index (χ1) is 16.2. The molecular formula is C26H23N3O4. The summed E-state index contributed by atoms with van der Waals surface area (Å²) in [5.74, 6) is 0.664. The van der Waals surface area contributed by atoms with Crippen molar-refractivity contribution in [3.8, 4) is 22.7 Å². The highest BCUT2D eigenvalue weighted by atomic mass is 16.5. The van der Waals surface area contributed by atoms with E-state index >= 15 is 0 Å². The van der Waals surface area contributed by atoms with Gasteiger partial charge in [-0.05, 0) is 31.0 Å². The Balaban J connectivity index is 1.51. The summed E-state index contributed by atoms with van der Waals surface area (Å²) >= 11 is 0. The zero-order valence-corrected chi connectivity index (χ0v) is 18.1. The lowest BCUT2D eigenvalue weighted by Gasteiger charge is -2.43. The number of nitrogens with zero attached hydrogens (tertiary/aromatic N) is 3. The van der Waals surface area contributed by atoms with Crippen LogP contribution in [0.5, 0.6) is 0 Å². The molecule has 4 heterocycles. The highest BCUT2D eigenvalue weighted by Crippen LogP contribution is 2.37. The number of benzene rings is 1. The fourth-order valence-electron chi connectivity index (χ4n) is 5.31. The van der Waals surface area contributed by atoms with Gasteiger partial charge < -0.3 is 13.8 Å². The van der Waals surface area contributed by atoms with Crippen LogP contribution in [0, 0.1) is 5.92 Å². The number of amides is 1. The number of fused-ring (bicyclic) bond motifs is 2. The molecule has 1 amide bonds. The Hall–Kier alpha value is -3.74. The number of Topliss-reactive ketones (excluding diaryl/α,β-unsaturated/α-hetero) is 1. The van der Waals surface area contributed by atoms with Crippen molar-refractivity contribution in [2.24, 2.45) is 5.92 Å². The van der Waals surface area contributed by atoms with E-state index in [9.17, 15) is 9.59 Å². The Morgan fingerprint density at radius 3 is 2.73 bits per heavy atom. The van der Waals surface area contributed by atoms with E-state index in [2.05, 4.69) is 10.1 Å². The molecule has 6 rings (SSSR count). The molecular weight excluding hydrogens is 418 g/mol. The summed E-state index contributed by atoms with van der Waals surface area (Å²) in [5, 5.41) is 4.87. The van der Waals surface area contributed by atoms with Crippen molar-refractivity contribution >= 4 is 22.8 Å². The number of furan rings is 1. The lowest BCUT2D eigenvalue weighted by Crippen LogP contribution is -2.53. The first-order valence-corrected chi connectivity index (χ1v) is 11.4. The van der Waals surface area contributed by atoms with Gasteiger partial charge in [0.1, 0.15) is 17.2 Å². The minimum atomic E-state index is -0.111. The number of carbonyl (C=O) groups is 2. The molecule has 2 fully saturated rings. The summed E-state index contributed by atoms with van der Waals surface area (Å²) < 4.78 is 11.2. The van der Waals surface area contributed by atoms with Crippen molar-refractivity contribution in [3.63, 3.8) is 0 Å². The van der Waals surface area contributed by atoms with Crippen molar-refractivity contribution < 1.29 is 18.5 Å². The fourth-order valence-corrected chi connectivity index (χ4v) is 5.31. The number of hydrogen-bond donors (Lipinski definition) is 0. The number of aromatic nitrogens is 2. The third-order valence-corrected chi connectivity index (χ3v) is 6.90. The second-order valence-corrected chi connectivity index (χ2v) is 8.78. The van der Waals surface area contributed by atoms with Crippen molar-refractivity contribution in [2.45, 2.75) is 38.1 Å². The topological polar surface area (TPSA) is 89.4 Å². The highest BCUT2D eigenvalue weighted by Gasteiger charge is 2.41. The molecule has 7 heteroatoms. The zero-order valence-electron chi connectivity index (χ0n) is 18.1. The molecule has 1 aromatic carbocycles. The van der Waals surface area contributed by atoms with E-state index in [1.54, 1.807) is 24.5 Å². The molecule has 0 N–H and O–H groups in total. The zero-order chi connectivity index (χ0) is 22.4. The first-order valence-electron chi connectivity index (χ1n) is 11.4. The van der Waals surface area contributed by atoms with E-state index in [1.165, 1.54) is 0 Å². The molecule has 0 bridgehead atoms. The second-order valence-electron chi connectivity index (χ2n) is 8.78. The Bertz CT molecular complexity index is 1330. The number of ketones is 1.